The van der Waals surface area contributed by atoms with Crippen LogP contribution >= 0.6 is 15.9 Å². The number of benzene rings is 1. The molecule has 0 bridgehead atoms. The van der Waals surface area contributed by atoms with Gasteiger partial charge in [-0.15, -0.1) is 0 Å². The molecule has 84 valence electrons. The van der Waals surface area contributed by atoms with Crippen molar-refractivity contribution < 1.29 is 0 Å². The fourth-order valence-electron chi connectivity index (χ4n) is 1.71. The molecular formula is C14H16BrN. The number of fused-ring (bicyclic) bond motifs is 1. The lowest BCUT2D eigenvalue weighted by molar-refractivity contribution is 0.574. The van der Waals surface area contributed by atoms with Gasteiger partial charge in [0.05, 0.1) is 5.52 Å². The van der Waals surface area contributed by atoms with Gasteiger partial charge in [-0.05, 0) is 24.5 Å². The largest absolute Gasteiger partial charge is 0.253 e. The monoisotopic (exact) mass is 277 g/mol. The Hall–Kier alpha value is -0.890. The average molecular weight is 278 g/mol. The van der Waals surface area contributed by atoms with E-state index < -0.39 is 0 Å². The molecule has 1 aromatic carbocycles. The van der Waals surface area contributed by atoms with E-state index in [4.69, 9.17) is 0 Å². The van der Waals surface area contributed by atoms with Gasteiger partial charge in [0.15, 0.2) is 0 Å². The Morgan fingerprint density at radius 2 is 1.88 bits per heavy atom. The van der Waals surface area contributed by atoms with Crippen molar-refractivity contribution in [2.75, 3.05) is 0 Å². The van der Waals surface area contributed by atoms with Crippen LogP contribution in [0.15, 0.2) is 36.4 Å². The Morgan fingerprint density at radius 3 is 2.62 bits per heavy atom. The first kappa shape index (κ1) is 11.6. The minimum Gasteiger partial charge on any atom is -0.253 e. The number of para-hydroxylation sites is 1. The fourth-order valence-corrected chi connectivity index (χ4v) is 1.90. The van der Waals surface area contributed by atoms with Crippen LogP contribution in [0.3, 0.4) is 0 Å². The second-order valence-electron chi connectivity index (χ2n) is 4.35. The van der Waals surface area contributed by atoms with Crippen molar-refractivity contribution in [3.05, 3.63) is 42.1 Å². The molecule has 1 heterocycles. The number of hydrogen-bond acceptors (Lipinski definition) is 1. The Balaban J connectivity index is 2.26. The summed E-state index contributed by atoms with van der Waals surface area (Å²) >= 11 is 3.62. The predicted octanol–water partition coefficient (Wildman–Crippen LogP) is 4.20. The van der Waals surface area contributed by atoms with E-state index in [1.165, 1.54) is 11.1 Å². The Morgan fingerprint density at radius 1 is 1.12 bits per heavy atom. The van der Waals surface area contributed by atoms with E-state index in [0.29, 0.717) is 10.7 Å². The van der Waals surface area contributed by atoms with E-state index in [9.17, 15) is 0 Å². The van der Waals surface area contributed by atoms with Crippen molar-refractivity contribution in [1.29, 1.82) is 0 Å². The Labute approximate surface area is 105 Å². The average Bonchev–Trinajstić information content (AvgIpc) is 2.28. The smallest absolute Gasteiger partial charge is 0.0705 e. The van der Waals surface area contributed by atoms with Crippen LogP contribution in [0.4, 0.5) is 0 Å². The molecule has 2 rings (SSSR count). The van der Waals surface area contributed by atoms with Gasteiger partial charge in [-0.1, -0.05) is 54.0 Å². The van der Waals surface area contributed by atoms with Crippen molar-refractivity contribution in [1.82, 2.24) is 4.98 Å². The van der Waals surface area contributed by atoms with Gasteiger partial charge in [0.2, 0.25) is 0 Å². The number of aromatic nitrogens is 1. The quantitative estimate of drug-likeness (QED) is 0.767. The Kier molecular flexibility index (Phi) is 3.59. The summed E-state index contributed by atoms with van der Waals surface area (Å²) in [6.45, 7) is 4.43. The van der Waals surface area contributed by atoms with Crippen LogP contribution in [0.25, 0.3) is 10.9 Å². The van der Waals surface area contributed by atoms with Gasteiger partial charge in [0.25, 0.3) is 0 Å². The number of halogens is 1. The first-order chi connectivity index (χ1) is 7.66. The molecular weight excluding hydrogens is 262 g/mol. The van der Waals surface area contributed by atoms with E-state index >= 15 is 0 Å². The van der Waals surface area contributed by atoms with E-state index in [2.05, 4.69) is 59.0 Å². The Bertz CT molecular complexity index is 479. The number of alkyl halides is 1. The third kappa shape index (κ3) is 2.62. The van der Waals surface area contributed by atoms with Gasteiger partial charge in [0, 0.05) is 15.9 Å². The second-order valence-corrected chi connectivity index (χ2v) is 5.80. The van der Waals surface area contributed by atoms with E-state index in [1.54, 1.807) is 0 Å². The molecule has 2 aromatic rings. The summed E-state index contributed by atoms with van der Waals surface area (Å²) in [5.74, 6) is 0.605. The number of pyridine rings is 1. The van der Waals surface area contributed by atoms with E-state index in [1.807, 2.05) is 12.1 Å². The topological polar surface area (TPSA) is 12.9 Å². The van der Waals surface area contributed by atoms with Crippen LogP contribution in [-0.2, 0) is 6.42 Å². The zero-order chi connectivity index (χ0) is 11.5. The third-order valence-electron chi connectivity index (χ3n) is 2.97. The maximum Gasteiger partial charge on any atom is 0.0705 e. The van der Waals surface area contributed by atoms with Crippen molar-refractivity contribution in [2.45, 2.75) is 25.1 Å². The summed E-state index contributed by atoms with van der Waals surface area (Å²) in [6, 6.07) is 12.5. The molecule has 2 heteroatoms. The van der Waals surface area contributed by atoms with Gasteiger partial charge in [-0.2, -0.15) is 0 Å². The lowest BCUT2D eigenvalue weighted by atomic mass is 10.0. The van der Waals surface area contributed by atoms with Crippen molar-refractivity contribution in [2.24, 2.45) is 5.92 Å². The number of hydrogen-bond donors (Lipinski definition) is 0. The van der Waals surface area contributed by atoms with Gasteiger partial charge in [-0.25, -0.2) is 0 Å². The minimum absolute atomic E-state index is 0.528. The summed E-state index contributed by atoms with van der Waals surface area (Å²) < 4.78 is 0. The molecule has 0 radical (unpaired) electrons. The van der Waals surface area contributed by atoms with Gasteiger partial charge < -0.3 is 0 Å². The van der Waals surface area contributed by atoms with E-state index in [0.717, 1.165) is 11.9 Å². The highest BCUT2D eigenvalue weighted by atomic mass is 79.9. The summed E-state index contributed by atoms with van der Waals surface area (Å²) in [5, 5.41) is 1.21. The molecule has 2 atom stereocenters. The predicted molar refractivity (Wildman–Crippen MR) is 73.0 cm³/mol. The summed E-state index contributed by atoms with van der Waals surface area (Å²) in [4.78, 5) is 5.21. The molecule has 0 spiro atoms. The van der Waals surface area contributed by atoms with Crippen LogP contribution < -0.4 is 0 Å². The molecule has 0 aliphatic carbocycles. The van der Waals surface area contributed by atoms with Gasteiger partial charge in [0.1, 0.15) is 0 Å². The number of nitrogens with zero attached hydrogens (tertiary/aromatic N) is 1. The molecule has 0 aliphatic rings. The first-order valence-electron chi connectivity index (χ1n) is 5.65. The minimum atomic E-state index is 0.528. The highest BCUT2D eigenvalue weighted by Crippen LogP contribution is 2.18. The van der Waals surface area contributed by atoms with Crippen molar-refractivity contribution >= 4 is 26.8 Å². The number of rotatable bonds is 3. The molecule has 2 unspecified atom stereocenters. The zero-order valence-corrected chi connectivity index (χ0v) is 11.2. The normalized spacial score (nSPS) is 14.9. The summed E-state index contributed by atoms with van der Waals surface area (Å²) in [6.07, 6.45) is 1.03. The SMILES string of the molecule is CC(Br)C(C)Cc1ccc2ccccc2n1. The first-order valence-corrected chi connectivity index (χ1v) is 6.57. The fraction of sp³-hybridized carbons (Fsp3) is 0.357. The van der Waals surface area contributed by atoms with E-state index in [-0.39, 0.29) is 0 Å². The van der Waals surface area contributed by atoms with Gasteiger partial charge in [-0.3, -0.25) is 4.98 Å². The van der Waals surface area contributed by atoms with Crippen molar-refractivity contribution in [3.8, 4) is 0 Å². The molecule has 0 saturated heterocycles. The lowest BCUT2D eigenvalue weighted by Crippen LogP contribution is -2.10. The molecule has 0 fully saturated rings. The highest BCUT2D eigenvalue weighted by molar-refractivity contribution is 9.09. The maximum atomic E-state index is 4.68. The van der Waals surface area contributed by atoms with Crippen LogP contribution in [0, 0.1) is 5.92 Å². The lowest BCUT2D eigenvalue weighted by Gasteiger charge is -2.13. The second kappa shape index (κ2) is 4.96. The van der Waals surface area contributed by atoms with Crippen LogP contribution in [-0.4, -0.2) is 9.81 Å². The molecule has 1 aromatic heterocycles. The summed E-state index contributed by atoms with van der Waals surface area (Å²) in [5.41, 5.74) is 2.27. The maximum absolute atomic E-state index is 4.68. The summed E-state index contributed by atoms with van der Waals surface area (Å²) in [7, 11) is 0. The molecule has 0 N–H and O–H groups in total. The van der Waals surface area contributed by atoms with Crippen molar-refractivity contribution in [3.63, 3.8) is 0 Å². The van der Waals surface area contributed by atoms with Crippen LogP contribution in [0.2, 0.25) is 0 Å². The standard InChI is InChI=1S/C14H16BrN/c1-10(11(2)15)9-13-8-7-12-5-3-4-6-14(12)16-13/h3-8,10-11H,9H2,1-2H3. The third-order valence-corrected chi connectivity index (χ3v) is 3.87. The van der Waals surface area contributed by atoms with Crippen LogP contribution in [0.1, 0.15) is 19.5 Å². The molecule has 0 saturated carbocycles. The molecule has 0 amide bonds. The zero-order valence-electron chi connectivity index (χ0n) is 9.65. The molecule has 16 heavy (non-hydrogen) atoms. The highest BCUT2D eigenvalue weighted by Gasteiger charge is 2.10. The molecule has 0 aliphatic heterocycles. The van der Waals surface area contributed by atoms with Crippen LogP contribution in [0.5, 0.6) is 0 Å². The van der Waals surface area contributed by atoms with Gasteiger partial charge >= 0.3 is 0 Å². The molecule has 1 nitrogen and oxygen atoms in total.